The Hall–Kier alpha value is -0.130. The van der Waals surface area contributed by atoms with Crippen LogP contribution in [0.15, 0.2) is 0 Å². The molecule has 0 unspecified atom stereocenters. The van der Waals surface area contributed by atoms with Crippen LogP contribution in [0.5, 0.6) is 0 Å². The minimum atomic E-state index is -2.94. The van der Waals surface area contributed by atoms with Gasteiger partial charge in [-0.15, -0.1) is 0 Å². The predicted octanol–water partition coefficient (Wildman–Crippen LogP) is 0.944. The Kier molecular flexibility index (Phi) is 4.21. The smallest absolute Gasteiger partial charge is 0.214 e. The first-order valence-corrected chi connectivity index (χ1v) is 8.00. The second-order valence-electron chi connectivity index (χ2n) is 4.86. The second-order valence-corrected chi connectivity index (χ2v) is 6.95. The van der Waals surface area contributed by atoms with Crippen molar-refractivity contribution in [2.75, 3.05) is 25.4 Å². The van der Waals surface area contributed by atoms with Gasteiger partial charge in [0.15, 0.2) is 0 Å². The predicted molar refractivity (Wildman–Crippen MR) is 64.9 cm³/mol. The van der Waals surface area contributed by atoms with Crippen LogP contribution in [0.4, 0.5) is 0 Å². The van der Waals surface area contributed by atoms with Gasteiger partial charge in [-0.3, -0.25) is 0 Å². The molecule has 1 N–H and O–H groups in total. The molecule has 1 aliphatic carbocycles. The van der Waals surface area contributed by atoms with Gasteiger partial charge in [0, 0.05) is 19.1 Å². The lowest BCUT2D eigenvalue weighted by Crippen LogP contribution is -2.30. The Labute approximate surface area is 98.4 Å². The molecule has 1 aliphatic heterocycles. The maximum Gasteiger partial charge on any atom is 0.214 e. The van der Waals surface area contributed by atoms with Gasteiger partial charge in [0.25, 0.3) is 0 Å². The van der Waals surface area contributed by atoms with E-state index in [2.05, 4.69) is 5.32 Å². The van der Waals surface area contributed by atoms with Crippen molar-refractivity contribution in [1.29, 1.82) is 0 Å². The SMILES string of the molecule is O=S(=O)(CCCCNC1CC1)N1CCCC1. The Morgan fingerprint density at radius 2 is 1.81 bits per heavy atom. The van der Waals surface area contributed by atoms with Gasteiger partial charge in [0.2, 0.25) is 10.0 Å². The van der Waals surface area contributed by atoms with Crippen molar-refractivity contribution in [2.45, 2.75) is 44.6 Å². The number of nitrogens with one attached hydrogen (secondary N) is 1. The average molecular weight is 246 g/mol. The van der Waals surface area contributed by atoms with E-state index >= 15 is 0 Å². The van der Waals surface area contributed by atoms with Crippen LogP contribution in [0.3, 0.4) is 0 Å². The topological polar surface area (TPSA) is 49.4 Å². The lowest BCUT2D eigenvalue weighted by atomic mass is 10.3. The molecule has 2 rings (SSSR count). The van der Waals surface area contributed by atoms with E-state index in [0.717, 1.165) is 51.4 Å². The molecule has 0 atom stereocenters. The fourth-order valence-electron chi connectivity index (χ4n) is 2.10. The van der Waals surface area contributed by atoms with E-state index in [-0.39, 0.29) is 0 Å². The summed E-state index contributed by atoms with van der Waals surface area (Å²) in [4.78, 5) is 0. The number of unbranched alkanes of at least 4 members (excludes halogenated alkanes) is 1. The zero-order valence-corrected chi connectivity index (χ0v) is 10.6. The summed E-state index contributed by atoms with van der Waals surface area (Å²) < 4.78 is 25.3. The number of hydrogen-bond acceptors (Lipinski definition) is 3. The van der Waals surface area contributed by atoms with Crippen molar-refractivity contribution in [3.8, 4) is 0 Å². The third-order valence-electron chi connectivity index (χ3n) is 3.30. The van der Waals surface area contributed by atoms with Crippen LogP contribution < -0.4 is 5.32 Å². The lowest BCUT2D eigenvalue weighted by Gasteiger charge is -2.15. The van der Waals surface area contributed by atoms with Gasteiger partial charge in [-0.05, 0) is 45.1 Å². The first kappa shape index (κ1) is 12.3. The highest BCUT2D eigenvalue weighted by molar-refractivity contribution is 7.89. The van der Waals surface area contributed by atoms with Gasteiger partial charge in [-0.1, -0.05) is 0 Å². The van der Waals surface area contributed by atoms with Crippen molar-refractivity contribution < 1.29 is 8.42 Å². The summed E-state index contributed by atoms with van der Waals surface area (Å²) in [5.74, 6) is 0.333. The molecule has 0 aromatic heterocycles. The van der Waals surface area contributed by atoms with Crippen molar-refractivity contribution >= 4 is 10.0 Å². The third kappa shape index (κ3) is 3.71. The van der Waals surface area contributed by atoms with Crippen LogP contribution in [0, 0.1) is 0 Å². The minimum Gasteiger partial charge on any atom is -0.314 e. The maximum absolute atomic E-state index is 11.8. The largest absolute Gasteiger partial charge is 0.314 e. The molecule has 5 heteroatoms. The van der Waals surface area contributed by atoms with Crippen LogP contribution in [-0.2, 0) is 10.0 Å². The normalized spacial score (nSPS) is 22.8. The minimum absolute atomic E-state index is 0.333. The zero-order chi connectivity index (χ0) is 11.4. The summed E-state index contributed by atoms with van der Waals surface area (Å²) in [6.07, 6.45) is 6.42. The fraction of sp³-hybridized carbons (Fsp3) is 1.00. The summed E-state index contributed by atoms with van der Waals surface area (Å²) >= 11 is 0. The van der Waals surface area contributed by atoms with E-state index in [4.69, 9.17) is 0 Å². The zero-order valence-electron chi connectivity index (χ0n) is 9.82. The van der Waals surface area contributed by atoms with Crippen molar-refractivity contribution in [3.63, 3.8) is 0 Å². The average Bonchev–Trinajstić information content (AvgIpc) is 2.89. The molecule has 0 bridgehead atoms. The molecule has 16 heavy (non-hydrogen) atoms. The number of sulfonamides is 1. The first-order chi connectivity index (χ1) is 7.68. The van der Waals surface area contributed by atoms with Crippen LogP contribution >= 0.6 is 0 Å². The van der Waals surface area contributed by atoms with Gasteiger partial charge in [-0.2, -0.15) is 0 Å². The highest BCUT2D eigenvalue weighted by Gasteiger charge is 2.24. The van der Waals surface area contributed by atoms with Crippen LogP contribution in [0.1, 0.15) is 38.5 Å². The van der Waals surface area contributed by atoms with Gasteiger partial charge in [-0.25, -0.2) is 12.7 Å². The summed E-state index contributed by atoms with van der Waals surface area (Å²) in [6, 6.07) is 0.732. The van der Waals surface area contributed by atoms with Crippen molar-refractivity contribution in [3.05, 3.63) is 0 Å². The van der Waals surface area contributed by atoms with Crippen molar-refractivity contribution in [2.24, 2.45) is 0 Å². The molecule has 4 nitrogen and oxygen atoms in total. The molecule has 2 aliphatic rings. The van der Waals surface area contributed by atoms with Gasteiger partial charge in [0.1, 0.15) is 0 Å². The molecule has 0 spiro atoms. The van der Waals surface area contributed by atoms with Gasteiger partial charge in [0.05, 0.1) is 5.75 Å². The van der Waals surface area contributed by atoms with Crippen molar-refractivity contribution in [1.82, 2.24) is 9.62 Å². The molecule has 2 fully saturated rings. The monoisotopic (exact) mass is 246 g/mol. The molecule has 1 saturated carbocycles. The van der Waals surface area contributed by atoms with E-state index in [0.29, 0.717) is 5.75 Å². The summed E-state index contributed by atoms with van der Waals surface area (Å²) in [6.45, 7) is 2.45. The fourth-order valence-corrected chi connectivity index (χ4v) is 3.74. The standard InChI is InChI=1S/C11H22N2O2S/c14-16(15,13-8-2-3-9-13)10-4-1-7-12-11-5-6-11/h11-12H,1-10H2. The first-order valence-electron chi connectivity index (χ1n) is 6.40. The molecule has 0 aromatic rings. The van der Waals surface area contributed by atoms with E-state index in [1.54, 1.807) is 4.31 Å². The van der Waals surface area contributed by atoms with Crippen LogP contribution in [-0.4, -0.2) is 44.2 Å². The van der Waals surface area contributed by atoms with E-state index in [1.165, 1.54) is 12.8 Å². The Morgan fingerprint density at radius 1 is 1.12 bits per heavy atom. The molecule has 0 aromatic carbocycles. The van der Waals surface area contributed by atoms with Gasteiger partial charge < -0.3 is 5.32 Å². The Balaban J connectivity index is 1.59. The lowest BCUT2D eigenvalue weighted by molar-refractivity contribution is 0.474. The summed E-state index contributed by atoms with van der Waals surface area (Å²) in [5.41, 5.74) is 0. The van der Waals surface area contributed by atoms with Crippen LogP contribution in [0.2, 0.25) is 0 Å². The molecule has 0 radical (unpaired) electrons. The quantitative estimate of drug-likeness (QED) is 0.680. The Morgan fingerprint density at radius 3 is 2.44 bits per heavy atom. The molecule has 1 heterocycles. The number of hydrogen-bond donors (Lipinski definition) is 1. The molecular formula is C11H22N2O2S. The third-order valence-corrected chi connectivity index (χ3v) is 5.25. The number of nitrogens with zero attached hydrogens (tertiary/aromatic N) is 1. The van der Waals surface area contributed by atoms with Crippen LogP contribution in [0.25, 0.3) is 0 Å². The van der Waals surface area contributed by atoms with Gasteiger partial charge >= 0.3 is 0 Å². The molecule has 1 saturated heterocycles. The van der Waals surface area contributed by atoms with E-state index in [9.17, 15) is 8.42 Å². The highest BCUT2D eigenvalue weighted by atomic mass is 32.2. The number of rotatable bonds is 7. The highest BCUT2D eigenvalue weighted by Crippen LogP contribution is 2.18. The summed E-state index contributed by atoms with van der Waals surface area (Å²) in [5, 5.41) is 3.40. The molecular weight excluding hydrogens is 224 g/mol. The molecule has 94 valence electrons. The maximum atomic E-state index is 11.8. The molecule has 0 amide bonds. The Bertz CT molecular complexity index is 306. The summed E-state index contributed by atoms with van der Waals surface area (Å²) in [7, 11) is -2.94. The van der Waals surface area contributed by atoms with E-state index < -0.39 is 10.0 Å². The second kappa shape index (κ2) is 5.47. The van der Waals surface area contributed by atoms with E-state index in [1.807, 2.05) is 0 Å².